The molecule has 8 heteroatoms. The van der Waals surface area contributed by atoms with E-state index in [0.29, 0.717) is 15.3 Å². The van der Waals surface area contributed by atoms with Gasteiger partial charge in [0.1, 0.15) is 11.4 Å². The van der Waals surface area contributed by atoms with Gasteiger partial charge in [-0.05, 0) is 55.0 Å². The van der Waals surface area contributed by atoms with E-state index in [1.165, 1.54) is 15.9 Å². The van der Waals surface area contributed by atoms with Gasteiger partial charge in [-0.2, -0.15) is 14.6 Å². The molecule has 0 saturated heterocycles. The number of benzene rings is 3. The van der Waals surface area contributed by atoms with Crippen molar-refractivity contribution in [3.05, 3.63) is 111 Å². The molecule has 0 atom stereocenters. The highest BCUT2D eigenvalue weighted by molar-refractivity contribution is 7.15. The standard InChI is InChI=1S/C28H21N5O2S/c1-18-8-6-7-11-23(18)26-29-28-33(31-26)27(34)24(36-28)16-20-17-32(21-9-4-3-5-10-21)30-25(20)19-12-14-22(35-2)15-13-19/h3-17H,1-2H3. The maximum atomic E-state index is 13.3. The highest BCUT2D eigenvalue weighted by atomic mass is 32.1. The SMILES string of the molecule is COc1ccc(-c2nn(-c3ccccc3)cc2C=c2sc3nc(-c4ccccc4C)nn3c2=O)cc1. The molecule has 0 unspecified atom stereocenters. The molecule has 176 valence electrons. The minimum absolute atomic E-state index is 0.199. The molecular weight excluding hydrogens is 470 g/mol. The molecule has 36 heavy (non-hydrogen) atoms. The zero-order chi connectivity index (χ0) is 24.6. The van der Waals surface area contributed by atoms with Crippen molar-refractivity contribution in [1.82, 2.24) is 24.4 Å². The molecule has 0 spiro atoms. The van der Waals surface area contributed by atoms with Crippen molar-refractivity contribution in [3.8, 4) is 34.1 Å². The lowest BCUT2D eigenvalue weighted by molar-refractivity contribution is 0.415. The van der Waals surface area contributed by atoms with Crippen LogP contribution < -0.4 is 14.8 Å². The van der Waals surface area contributed by atoms with E-state index in [1.54, 1.807) is 7.11 Å². The van der Waals surface area contributed by atoms with Gasteiger partial charge in [0.15, 0.2) is 5.82 Å². The van der Waals surface area contributed by atoms with E-state index in [0.717, 1.165) is 39.4 Å². The van der Waals surface area contributed by atoms with Crippen LogP contribution in [0.2, 0.25) is 0 Å². The Bertz CT molecular complexity index is 1800. The van der Waals surface area contributed by atoms with Crippen LogP contribution in [0.25, 0.3) is 39.4 Å². The first-order valence-electron chi connectivity index (χ1n) is 11.4. The fourth-order valence-corrected chi connectivity index (χ4v) is 4.99. The average molecular weight is 492 g/mol. The first-order valence-corrected chi connectivity index (χ1v) is 12.2. The second-order valence-corrected chi connectivity index (χ2v) is 9.31. The van der Waals surface area contributed by atoms with Gasteiger partial charge in [-0.1, -0.05) is 53.8 Å². The highest BCUT2D eigenvalue weighted by Crippen LogP contribution is 2.26. The Labute approximate surface area is 210 Å². The molecule has 0 fully saturated rings. The van der Waals surface area contributed by atoms with Crippen LogP contribution in [0, 0.1) is 6.92 Å². The van der Waals surface area contributed by atoms with Crippen LogP contribution in [0.15, 0.2) is 89.9 Å². The van der Waals surface area contributed by atoms with Crippen molar-refractivity contribution in [2.24, 2.45) is 0 Å². The molecule has 0 amide bonds. The Morgan fingerprint density at radius 3 is 2.39 bits per heavy atom. The molecule has 0 aliphatic carbocycles. The van der Waals surface area contributed by atoms with Crippen LogP contribution >= 0.6 is 11.3 Å². The van der Waals surface area contributed by atoms with E-state index < -0.39 is 0 Å². The summed E-state index contributed by atoms with van der Waals surface area (Å²) < 4.78 is 9.05. The summed E-state index contributed by atoms with van der Waals surface area (Å²) in [5.74, 6) is 1.32. The Morgan fingerprint density at radius 1 is 0.917 bits per heavy atom. The lowest BCUT2D eigenvalue weighted by atomic mass is 10.1. The molecular formula is C28H21N5O2S. The monoisotopic (exact) mass is 491 g/mol. The molecule has 3 heterocycles. The van der Waals surface area contributed by atoms with Gasteiger partial charge in [-0.25, -0.2) is 4.68 Å². The molecule has 0 aliphatic heterocycles. The van der Waals surface area contributed by atoms with Crippen LogP contribution in [-0.4, -0.2) is 31.5 Å². The molecule has 6 aromatic rings. The lowest BCUT2D eigenvalue weighted by Gasteiger charge is -2.02. The summed E-state index contributed by atoms with van der Waals surface area (Å²) in [6, 6.07) is 25.5. The maximum Gasteiger partial charge on any atom is 0.291 e. The van der Waals surface area contributed by atoms with Crippen molar-refractivity contribution in [3.63, 3.8) is 0 Å². The average Bonchev–Trinajstić information content (AvgIpc) is 3.60. The number of thiazole rings is 1. The van der Waals surface area contributed by atoms with E-state index >= 15 is 0 Å². The number of fused-ring (bicyclic) bond motifs is 1. The van der Waals surface area contributed by atoms with Crippen LogP contribution in [0.4, 0.5) is 0 Å². The van der Waals surface area contributed by atoms with E-state index in [2.05, 4.69) is 10.1 Å². The number of para-hydroxylation sites is 1. The van der Waals surface area contributed by atoms with Gasteiger partial charge in [-0.15, -0.1) is 5.10 Å². The fraction of sp³-hybridized carbons (Fsp3) is 0.0714. The second-order valence-electron chi connectivity index (χ2n) is 8.30. The van der Waals surface area contributed by atoms with Gasteiger partial charge in [0.25, 0.3) is 5.56 Å². The topological polar surface area (TPSA) is 74.3 Å². The summed E-state index contributed by atoms with van der Waals surface area (Å²) in [6.07, 6.45) is 3.80. The van der Waals surface area contributed by atoms with Gasteiger partial charge in [0, 0.05) is 22.9 Å². The molecule has 0 N–H and O–H groups in total. The Balaban J connectivity index is 1.49. The van der Waals surface area contributed by atoms with Gasteiger partial charge in [0.05, 0.1) is 17.3 Å². The number of methoxy groups -OCH3 is 1. The summed E-state index contributed by atoms with van der Waals surface area (Å²) in [6.45, 7) is 2.01. The number of hydrogen-bond acceptors (Lipinski definition) is 6. The van der Waals surface area contributed by atoms with Gasteiger partial charge in [0.2, 0.25) is 4.96 Å². The molecule has 0 bridgehead atoms. The van der Waals surface area contributed by atoms with Crippen molar-refractivity contribution in [2.75, 3.05) is 7.11 Å². The summed E-state index contributed by atoms with van der Waals surface area (Å²) in [5.41, 5.74) is 5.22. The number of ether oxygens (including phenoxy) is 1. The van der Waals surface area contributed by atoms with Crippen LogP contribution in [-0.2, 0) is 0 Å². The second kappa shape index (κ2) is 8.90. The predicted octanol–water partition coefficient (Wildman–Crippen LogP) is 4.54. The summed E-state index contributed by atoms with van der Waals surface area (Å²) in [5, 5.41) is 9.35. The molecule has 0 aliphatic rings. The third kappa shape index (κ3) is 3.87. The molecule has 0 radical (unpaired) electrons. The van der Waals surface area contributed by atoms with E-state index in [-0.39, 0.29) is 5.56 Å². The normalized spacial score (nSPS) is 11.9. The molecule has 6 rings (SSSR count). The van der Waals surface area contributed by atoms with E-state index in [9.17, 15) is 4.79 Å². The Morgan fingerprint density at radius 2 is 1.67 bits per heavy atom. The van der Waals surface area contributed by atoms with E-state index in [1.807, 2.05) is 103 Å². The van der Waals surface area contributed by atoms with Crippen LogP contribution in [0.1, 0.15) is 11.1 Å². The molecule has 0 saturated carbocycles. The third-order valence-corrected chi connectivity index (χ3v) is 6.94. The zero-order valence-electron chi connectivity index (χ0n) is 19.6. The third-order valence-electron chi connectivity index (χ3n) is 5.98. The number of rotatable bonds is 5. The van der Waals surface area contributed by atoms with E-state index in [4.69, 9.17) is 9.84 Å². The lowest BCUT2D eigenvalue weighted by Crippen LogP contribution is -2.23. The minimum atomic E-state index is -0.199. The summed E-state index contributed by atoms with van der Waals surface area (Å²) in [7, 11) is 1.64. The minimum Gasteiger partial charge on any atom is -0.497 e. The van der Waals surface area contributed by atoms with Crippen molar-refractivity contribution in [2.45, 2.75) is 6.92 Å². The Kier molecular flexibility index (Phi) is 5.42. The van der Waals surface area contributed by atoms with Gasteiger partial charge < -0.3 is 4.74 Å². The smallest absolute Gasteiger partial charge is 0.291 e. The van der Waals surface area contributed by atoms with Crippen molar-refractivity contribution >= 4 is 22.4 Å². The Hall–Kier alpha value is -4.56. The zero-order valence-corrected chi connectivity index (χ0v) is 20.4. The molecule has 3 aromatic carbocycles. The van der Waals surface area contributed by atoms with Crippen LogP contribution in [0.3, 0.4) is 0 Å². The highest BCUT2D eigenvalue weighted by Gasteiger charge is 2.15. The number of nitrogens with zero attached hydrogens (tertiary/aromatic N) is 5. The molecule has 3 aromatic heterocycles. The first-order chi connectivity index (χ1) is 17.6. The first kappa shape index (κ1) is 21.9. The summed E-state index contributed by atoms with van der Waals surface area (Å²) >= 11 is 1.32. The van der Waals surface area contributed by atoms with Crippen molar-refractivity contribution < 1.29 is 4.74 Å². The molecule has 7 nitrogen and oxygen atoms in total. The predicted molar refractivity (Wildman–Crippen MR) is 142 cm³/mol. The number of aryl methyl sites for hydroxylation is 1. The quantitative estimate of drug-likeness (QED) is 0.354. The van der Waals surface area contributed by atoms with Gasteiger partial charge in [-0.3, -0.25) is 4.79 Å². The van der Waals surface area contributed by atoms with Crippen LogP contribution in [0.5, 0.6) is 5.75 Å². The summed E-state index contributed by atoms with van der Waals surface area (Å²) in [4.78, 5) is 18.5. The fourth-order valence-electron chi connectivity index (χ4n) is 4.09. The number of aromatic nitrogens is 5. The largest absolute Gasteiger partial charge is 0.497 e. The van der Waals surface area contributed by atoms with Crippen molar-refractivity contribution in [1.29, 1.82) is 0 Å². The number of hydrogen-bond donors (Lipinski definition) is 0. The van der Waals surface area contributed by atoms with Gasteiger partial charge >= 0.3 is 0 Å². The maximum absolute atomic E-state index is 13.3.